The molecule has 0 aliphatic heterocycles. The van der Waals surface area contributed by atoms with Gasteiger partial charge in [-0.2, -0.15) is 4.31 Å². The van der Waals surface area contributed by atoms with Gasteiger partial charge in [-0.25, -0.2) is 8.42 Å². The van der Waals surface area contributed by atoms with E-state index in [4.69, 9.17) is 5.73 Å². The first kappa shape index (κ1) is 16.3. The summed E-state index contributed by atoms with van der Waals surface area (Å²) < 4.78 is 26.8. The van der Waals surface area contributed by atoms with Gasteiger partial charge in [0.15, 0.2) is 0 Å². The maximum Gasteiger partial charge on any atom is 0.214 e. The van der Waals surface area contributed by atoms with Gasteiger partial charge in [0.2, 0.25) is 10.0 Å². The molecule has 1 aliphatic rings. The molecule has 0 saturated heterocycles. The number of hydrogen-bond acceptors (Lipinski definition) is 3. The summed E-state index contributed by atoms with van der Waals surface area (Å²) in [6, 6.07) is 7.48. The van der Waals surface area contributed by atoms with Crippen LogP contribution in [0.5, 0.6) is 0 Å². The van der Waals surface area contributed by atoms with Gasteiger partial charge in [-0.15, -0.1) is 0 Å². The van der Waals surface area contributed by atoms with Crippen molar-refractivity contribution in [1.82, 2.24) is 4.31 Å². The lowest BCUT2D eigenvalue weighted by atomic mass is 9.91. The topological polar surface area (TPSA) is 63.4 Å². The molecule has 5 heteroatoms. The van der Waals surface area contributed by atoms with Crippen molar-refractivity contribution in [3.8, 4) is 0 Å². The summed E-state index contributed by atoms with van der Waals surface area (Å²) in [7, 11) is -3.21. The van der Waals surface area contributed by atoms with Gasteiger partial charge in [-0.1, -0.05) is 44.4 Å². The number of nitrogens with zero attached hydrogens (tertiary/aromatic N) is 1. The first-order chi connectivity index (χ1) is 10.0. The highest BCUT2D eigenvalue weighted by molar-refractivity contribution is 7.89. The van der Waals surface area contributed by atoms with Gasteiger partial charge in [-0.3, -0.25) is 0 Å². The second-order valence-electron chi connectivity index (χ2n) is 5.91. The minimum Gasteiger partial charge on any atom is -0.398 e. The lowest BCUT2D eigenvalue weighted by Gasteiger charge is -2.26. The molecule has 0 radical (unpaired) electrons. The number of sulfonamides is 1. The van der Waals surface area contributed by atoms with Crippen molar-refractivity contribution in [3.05, 3.63) is 29.8 Å². The Kier molecular flexibility index (Phi) is 5.65. The minimum atomic E-state index is -3.21. The predicted octanol–water partition coefficient (Wildman–Crippen LogP) is 3.00. The summed E-state index contributed by atoms with van der Waals surface area (Å²) in [5, 5.41) is 0. The molecule has 0 aromatic heterocycles. The van der Waals surface area contributed by atoms with Crippen molar-refractivity contribution in [2.45, 2.75) is 45.6 Å². The second kappa shape index (κ2) is 7.27. The van der Waals surface area contributed by atoms with Gasteiger partial charge in [0.1, 0.15) is 0 Å². The number of anilines is 1. The highest BCUT2D eigenvalue weighted by Crippen LogP contribution is 2.26. The average molecular weight is 310 g/mol. The van der Waals surface area contributed by atoms with Crippen molar-refractivity contribution >= 4 is 15.7 Å². The summed E-state index contributed by atoms with van der Waals surface area (Å²) in [6.45, 7) is 2.75. The van der Waals surface area contributed by atoms with Crippen LogP contribution in [0.2, 0.25) is 0 Å². The Morgan fingerprint density at radius 3 is 2.48 bits per heavy atom. The Bertz CT molecular complexity index is 551. The standard InChI is InChI=1S/C16H26N2O2S/c1-2-18(12-15-10-6-7-11-16(15)17)21(19,20)13-14-8-4-3-5-9-14/h6-7,10-11,14H,2-5,8-9,12-13,17H2,1H3. The predicted molar refractivity (Wildman–Crippen MR) is 87.3 cm³/mol. The van der Waals surface area contributed by atoms with E-state index in [1.807, 2.05) is 31.2 Å². The molecule has 1 aromatic rings. The average Bonchev–Trinajstić information content (AvgIpc) is 2.46. The van der Waals surface area contributed by atoms with E-state index >= 15 is 0 Å². The van der Waals surface area contributed by atoms with E-state index in [9.17, 15) is 8.42 Å². The van der Waals surface area contributed by atoms with Crippen LogP contribution in [0, 0.1) is 5.92 Å². The quantitative estimate of drug-likeness (QED) is 0.822. The van der Waals surface area contributed by atoms with Crippen molar-refractivity contribution in [2.24, 2.45) is 5.92 Å². The Balaban J connectivity index is 2.06. The van der Waals surface area contributed by atoms with Crippen LogP contribution in [-0.4, -0.2) is 25.0 Å². The molecule has 2 N–H and O–H groups in total. The molecule has 0 bridgehead atoms. The van der Waals surface area contributed by atoms with Gasteiger partial charge in [0.05, 0.1) is 5.75 Å². The fraction of sp³-hybridized carbons (Fsp3) is 0.625. The van der Waals surface area contributed by atoms with E-state index < -0.39 is 10.0 Å². The van der Waals surface area contributed by atoms with Gasteiger partial charge < -0.3 is 5.73 Å². The first-order valence-electron chi connectivity index (χ1n) is 7.84. The molecule has 0 heterocycles. The van der Waals surface area contributed by atoms with Gasteiger partial charge >= 0.3 is 0 Å². The number of rotatable bonds is 6. The Morgan fingerprint density at radius 1 is 1.19 bits per heavy atom. The molecule has 0 amide bonds. The summed E-state index contributed by atoms with van der Waals surface area (Å²) in [4.78, 5) is 0. The third kappa shape index (κ3) is 4.45. The van der Waals surface area contributed by atoms with Crippen LogP contribution in [0.3, 0.4) is 0 Å². The van der Waals surface area contributed by atoms with Crippen LogP contribution in [0.1, 0.15) is 44.6 Å². The number of benzene rings is 1. The molecule has 1 aliphatic carbocycles. The maximum absolute atomic E-state index is 12.6. The molecule has 0 unspecified atom stereocenters. The van der Waals surface area contributed by atoms with Gasteiger partial charge in [0.25, 0.3) is 0 Å². The smallest absolute Gasteiger partial charge is 0.214 e. The van der Waals surface area contributed by atoms with Crippen molar-refractivity contribution in [1.29, 1.82) is 0 Å². The highest BCUT2D eigenvalue weighted by atomic mass is 32.2. The summed E-state index contributed by atoms with van der Waals surface area (Å²) in [5.74, 6) is 0.610. The number of nitrogen functional groups attached to an aromatic ring is 1. The summed E-state index contributed by atoms with van der Waals surface area (Å²) >= 11 is 0. The largest absolute Gasteiger partial charge is 0.398 e. The SMILES string of the molecule is CCN(Cc1ccccc1N)S(=O)(=O)CC1CCCCC1. The number of hydrogen-bond donors (Lipinski definition) is 1. The van der Waals surface area contributed by atoms with Crippen LogP contribution in [0.15, 0.2) is 24.3 Å². The Morgan fingerprint density at radius 2 is 1.86 bits per heavy atom. The molecule has 0 spiro atoms. The first-order valence-corrected chi connectivity index (χ1v) is 9.45. The molecule has 21 heavy (non-hydrogen) atoms. The second-order valence-corrected chi connectivity index (χ2v) is 7.92. The zero-order valence-electron chi connectivity index (χ0n) is 12.8. The zero-order chi connectivity index (χ0) is 15.3. The van der Waals surface area contributed by atoms with E-state index in [1.54, 1.807) is 4.31 Å². The van der Waals surface area contributed by atoms with E-state index in [0.29, 0.717) is 24.7 Å². The van der Waals surface area contributed by atoms with E-state index in [0.717, 1.165) is 31.2 Å². The van der Waals surface area contributed by atoms with Crippen molar-refractivity contribution < 1.29 is 8.42 Å². The Hall–Kier alpha value is -1.07. The summed E-state index contributed by atoms with van der Waals surface area (Å²) in [6.07, 6.45) is 5.67. The molecule has 1 aromatic carbocycles. The van der Waals surface area contributed by atoms with Crippen LogP contribution < -0.4 is 5.73 Å². The Labute approximate surface area is 128 Å². The van der Waals surface area contributed by atoms with Crippen LogP contribution >= 0.6 is 0 Å². The lowest BCUT2D eigenvalue weighted by Crippen LogP contribution is -2.35. The molecule has 118 valence electrons. The zero-order valence-corrected chi connectivity index (χ0v) is 13.6. The third-order valence-corrected chi connectivity index (χ3v) is 6.39. The van der Waals surface area contributed by atoms with Crippen molar-refractivity contribution in [3.63, 3.8) is 0 Å². The fourth-order valence-corrected chi connectivity index (χ4v) is 4.90. The molecule has 4 nitrogen and oxygen atoms in total. The number of nitrogens with two attached hydrogens (primary N) is 1. The molecule has 1 fully saturated rings. The van der Waals surface area contributed by atoms with Crippen LogP contribution in [0.25, 0.3) is 0 Å². The molecular formula is C16H26N2O2S. The number of para-hydroxylation sites is 1. The summed E-state index contributed by atoms with van der Waals surface area (Å²) in [5.41, 5.74) is 7.47. The van der Waals surface area contributed by atoms with Crippen LogP contribution in [0.4, 0.5) is 5.69 Å². The monoisotopic (exact) mass is 310 g/mol. The van der Waals surface area contributed by atoms with Gasteiger partial charge in [0, 0.05) is 18.8 Å². The van der Waals surface area contributed by atoms with Crippen LogP contribution in [-0.2, 0) is 16.6 Å². The minimum absolute atomic E-state index is 0.285. The van der Waals surface area contributed by atoms with E-state index in [1.165, 1.54) is 6.42 Å². The normalized spacial score (nSPS) is 17.2. The molecule has 2 rings (SSSR count). The molecule has 0 atom stereocenters. The lowest BCUT2D eigenvalue weighted by molar-refractivity contribution is 0.367. The molecular weight excluding hydrogens is 284 g/mol. The fourth-order valence-electron chi connectivity index (χ4n) is 3.03. The third-order valence-electron chi connectivity index (χ3n) is 4.32. The molecule has 1 saturated carbocycles. The maximum atomic E-state index is 12.6. The van der Waals surface area contributed by atoms with E-state index in [-0.39, 0.29) is 5.75 Å². The van der Waals surface area contributed by atoms with E-state index in [2.05, 4.69) is 0 Å². The highest BCUT2D eigenvalue weighted by Gasteiger charge is 2.26. The van der Waals surface area contributed by atoms with Gasteiger partial charge in [-0.05, 0) is 30.4 Å². The van der Waals surface area contributed by atoms with Crippen molar-refractivity contribution in [2.75, 3.05) is 18.0 Å².